The number of aryl methyl sites for hydroxylation is 1. The first-order chi connectivity index (χ1) is 14.6. The molecule has 0 saturated heterocycles. The highest BCUT2D eigenvalue weighted by Crippen LogP contribution is 2.21. The standard InChI is InChI=1S/C23H32FN3O3/c1-5-25-23(26-15-18-8-10-21(29-4)20(24)14-18)27-16-19-9-7-17(2)13-22(19)30-12-6-11-28-3/h7-10,13-14H,5-6,11-12,15-16H2,1-4H3,(H2,25,26,27). The Balaban J connectivity index is 2.03. The van der Waals surface area contributed by atoms with Gasteiger partial charge in [-0.25, -0.2) is 9.38 Å². The molecule has 0 aliphatic rings. The summed E-state index contributed by atoms with van der Waals surface area (Å²) in [6.45, 7) is 6.94. The van der Waals surface area contributed by atoms with E-state index in [9.17, 15) is 4.39 Å². The van der Waals surface area contributed by atoms with Crippen LogP contribution >= 0.6 is 0 Å². The van der Waals surface area contributed by atoms with Crippen LogP contribution < -0.4 is 20.1 Å². The van der Waals surface area contributed by atoms with Crippen LogP contribution in [-0.4, -0.2) is 39.9 Å². The fraction of sp³-hybridized carbons (Fsp3) is 0.435. The van der Waals surface area contributed by atoms with Crippen molar-refractivity contribution in [3.63, 3.8) is 0 Å². The SMILES string of the molecule is CCNC(=NCc1ccc(OC)c(F)c1)NCc1ccc(C)cc1OCCCOC. The Morgan fingerprint density at radius 2 is 1.87 bits per heavy atom. The summed E-state index contributed by atoms with van der Waals surface area (Å²) in [5.41, 5.74) is 2.95. The lowest BCUT2D eigenvalue weighted by Gasteiger charge is -2.15. The zero-order chi connectivity index (χ0) is 21.8. The molecule has 2 aromatic carbocycles. The summed E-state index contributed by atoms with van der Waals surface area (Å²) in [6, 6.07) is 11.0. The molecule has 6 nitrogen and oxygen atoms in total. The molecule has 0 unspecified atom stereocenters. The Morgan fingerprint density at radius 1 is 1.03 bits per heavy atom. The van der Waals surface area contributed by atoms with E-state index in [-0.39, 0.29) is 5.75 Å². The minimum atomic E-state index is -0.391. The van der Waals surface area contributed by atoms with Gasteiger partial charge in [0.25, 0.3) is 0 Å². The van der Waals surface area contributed by atoms with Gasteiger partial charge >= 0.3 is 0 Å². The molecule has 164 valence electrons. The molecule has 2 N–H and O–H groups in total. The minimum absolute atomic E-state index is 0.227. The highest BCUT2D eigenvalue weighted by Gasteiger charge is 2.07. The summed E-state index contributed by atoms with van der Waals surface area (Å²) >= 11 is 0. The number of hydrogen-bond acceptors (Lipinski definition) is 4. The lowest BCUT2D eigenvalue weighted by molar-refractivity contribution is 0.171. The number of ether oxygens (including phenoxy) is 3. The van der Waals surface area contributed by atoms with Crippen LogP contribution in [0, 0.1) is 12.7 Å². The summed E-state index contributed by atoms with van der Waals surface area (Å²) in [5.74, 6) is 1.34. The third kappa shape index (κ3) is 7.55. The molecular weight excluding hydrogens is 385 g/mol. The molecule has 0 aliphatic heterocycles. The fourth-order valence-corrected chi connectivity index (χ4v) is 2.83. The van der Waals surface area contributed by atoms with Gasteiger partial charge in [-0.15, -0.1) is 0 Å². The Hall–Kier alpha value is -2.80. The monoisotopic (exact) mass is 417 g/mol. The highest BCUT2D eigenvalue weighted by molar-refractivity contribution is 5.79. The van der Waals surface area contributed by atoms with Gasteiger partial charge in [-0.2, -0.15) is 0 Å². The van der Waals surface area contributed by atoms with E-state index in [2.05, 4.69) is 27.8 Å². The van der Waals surface area contributed by atoms with E-state index >= 15 is 0 Å². The number of aliphatic imine (C=N–C) groups is 1. The summed E-state index contributed by atoms with van der Waals surface area (Å²) < 4.78 is 29.9. The number of methoxy groups -OCH3 is 2. The molecule has 0 aromatic heterocycles. The molecule has 0 atom stereocenters. The second kappa shape index (κ2) is 12.7. The average Bonchev–Trinajstić information content (AvgIpc) is 2.74. The van der Waals surface area contributed by atoms with Gasteiger partial charge in [0.15, 0.2) is 17.5 Å². The van der Waals surface area contributed by atoms with Gasteiger partial charge in [0.1, 0.15) is 5.75 Å². The highest BCUT2D eigenvalue weighted by atomic mass is 19.1. The second-order valence-electron chi connectivity index (χ2n) is 6.82. The normalized spacial score (nSPS) is 11.3. The van der Waals surface area contributed by atoms with E-state index in [0.717, 1.165) is 35.4 Å². The molecule has 0 spiro atoms. The van der Waals surface area contributed by atoms with E-state index in [1.54, 1.807) is 19.2 Å². The van der Waals surface area contributed by atoms with E-state index in [1.165, 1.54) is 13.2 Å². The van der Waals surface area contributed by atoms with Crippen molar-refractivity contribution in [1.29, 1.82) is 0 Å². The van der Waals surface area contributed by atoms with Gasteiger partial charge in [0.05, 0.1) is 20.3 Å². The van der Waals surface area contributed by atoms with Gasteiger partial charge in [0, 0.05) is 38.8 Å². The maximum absolute atomic E-state index is 13.9. The molecule has 0 fully saturated rings. The van der Waals surface area contributed by atoms with Crippen molar-refractivity contribution in [2.24, 2.45) is 4.99 Å². The first-order valence-corrected chi connectivity index (χ1v) is 10.1. The predicted molar refractivity (Wildman–Crippen MR) is 118 cm³/mol. The van der Waals surface area contributed by atoms with Crippen LogP contribution in [0.3, 0.4) is 0 Å². The van der Waals surface area contributed by atoms with E-state index < -0.39 is 5.82 Å². The van der Waals surface area contributed by atoms with Crippen molar-refractivity contribution in [3.05, 3.63) is 58.9 Å². The molecule has 0 aliphatic carbocycles. The summed E-state index contributed by atoms with van der Waals surface area (Å²) in [7, 11) is 3.13. The molecule has 0 bridgehead atoms. The van der Waals surface area contributed by atoms with Crippen LogP contribution in [0.5, 0.6) is 11.5 Å². The average molecular weight is 418 g/mol. The number of halogens is 1. The van der Waals surface area contributed by atoms with Crippen molar-refractivity contribution in [2.75, 3.05) is 34.0 Å². The first kappa shape index (κ1) is 23.5. The van der Waals surface area contributed by atoms with Crippen molar-refractivity contribution < 1.29 is 18.6 Å². The van der Waals surface area contributed by atoms with Crippen molar-refractivity contribution in [3.8, 4) is 11.5 Å². The van der Waals surface area contributed by atoms with Gasteiger partial charge < -0.3 is 24.8 Å². The number of nitrogens with one attached hydrogen (secondary N) is 2. The molecule has 0 radical (unpaired) electrons. The predicted octanol–water partition coefficient (Wildman–Crippen LogP) is 3.81. The molecule has 0 heterocycles. The molecular formula is C23H32FN3O3. The third-order valence-electron chi connectivity index (χ3n) is 4.40. The zero-order valence-electron chi connectivity index (χ0n) is 18.3. The van der Waals surface area contributed by atoms with E-state index in [0.29, 0.717) is 32.3 Å². The first-order valence-electron chi connectivity index (χ1n) is 10.1. The third-order valence-corrected chi connectivity index (χ3v) is 4.40. The largest absolute Gasteiger partial charge is 0.494 e. The Morgan fingerprint density at radius 3 is 2.57 bits per heavy atom. The molecule has 2 rings (SSSR count). The smallest absolute Gasteiger partial charge is 0.191 e. The number of benzene rings is 2. The minimum Gasteiger partial charge on any atom is -0.494 e. The zero-order valence-corrected chi connectivity index (χ0v) is 18.3. The van der Waals surface area contributed by atoms with Crippen LogP contribution in [0.1, 0.15) is 30.0 Å². The van der Waals surface area contributed by atoms with Crippen LogP contribution in [0.15, 0.2) is 41.4 Å². The van der Waals surface area contributed by atoms with Gasteiger partial charge in [-0.1, -0.05) is 18.2 Å². The van der Waals surface area contributed by atoms with Crippen LogP contribution in [-0.2, 0) is 17.8 Å². The maximum atomic E-state index is 13.9. The topological polar surface area (TPSA) is 64.1 Å². The lowest BCUT2D eigenvalue weighted by Crippen LogP contribution is -2.36. The summed E-state index contributed by atoms with van der Waals surface area (Å²) in [5, 5.41) is 6.54. The van der Waals surface area contributed by atoms with Gasteiger partial charge in [-0.3, -0.25) is 0 Å². The quantitative estimate of drug-likeness (QED) is 0.331. The number of nitrogens with zero attached hydrogens (tertiary/aromatic N) is 1. The Kier molecular flexibility index (Phi) is 9.94. The number of rotatable bonds is 11. The molecule has 0 saturated carbocycles. The van der Waals surface area contributed by atoms with E-state index in [4.69, 9.17) is 14.2 Å². The van der Waals surface area contributed by atoms with Crippen molar-refractivity contribution in [1.82, 2.24) is 10.6 Å². The Labute approximate surface area is 178 Å². The van der Waals surface area contributed by atoms with Gasteiger partial charge in [0.2, 0.25) is 0 Å². The van der Waals surface area contributed by atoms with Crippen LogP contribution in [0.25, 0.3) is 0 Å². The molecule has 0 amide bonds. The van der Waals surface area contributed by atoms with Crippen LogP contribution in [0.2, 0.25) is 0 Å². The number of guanidine groups is 1. The Bertz CT molecular complexity index is 827. The summed E-state index contributed by atoms with van der Waals surface area (Å²) in [6.07, 6.45) is 0.833. The van der Waals surface area contributed by atoms with E-state index in [1.807, 2.05) is 19.9 Å². The summed E-state index contributed by atoms with van der Waals surface area (Å²) in [4.78, 5) is 4.56. The molecule has 30 heavy (non-hydrogen) atoms. The van der Waals surface area contributed by atoms with Crippen LogP contribution in [0.4, 0.5) is 4.39 Å². The molecule has 2 aromatic rings. The maximum Gasteiger partial charge on any atom is 0.191 e. The molecule has 7 heteroatoms. The lowest BCUT2D eigenvalue weighted by atomic mass is 10.1. The van der Waals surface area contributed by atoms with Crippen molar-refractivity contribution in [2.45, 2.75) is 33.4 Å². The van der Waals surface area contributed by atoms with Crippen molar-refractivity contribution >= 4 is 5.96 Å². The second-order valence-corrected chi connectivity index (χ2v) is 6.82. The van der Waals surface area contributed by atoms with Gasteiger partial charge in [-0.05, 0) is 43.2 Å². The fourth-order valence-electron chi connectivity index (χ4n) is 2.83. The number of hydrogen-bond donors (Lipinski definition) is 2.